The lowest BCUT2D eigenvalue weighted by Gasteiger charge is -2.40. The molecule has 0 spiro atoms. The number of para-hydroxylation sites is 2. The van der Waals surface area contributed by atoms with E-state index in [1.807, 2.05) is 109 Å². The maximum absolute atomic E-state index is 12.7. The fourth-order valence-corrected chi connectivity index (χ4v) is 7.56. The van der Waals surface area contributed by atoms with Gasteiger partial charge in [0.25, 0.3) is 0 Å². The Morgan fingerprint density at radius 1 is 0.547 bits per heavy atom. The SMILES string of the molecule is CCC(=O)N1c2ccccc2[C@H](Nc2ccc(NC(=O)CCCC(=O)Nc3ccc(N[C@@H]4C[C@H](C)N(C(=O)CC)c5ccccc54)cc3)cc2)C[C@@H]1C. The van der Waals surface area contributed by atoms with Crippen LogP contribution in [0, 0.1) is 0 Å². The quantitative estimate of drug-likeness (QED) is 0.116. The van der Waals surface area contributed by atoms with Crippen LogP contribution < -0.4 is 31.1 Å². The van der Waals surface area contributed by atoms with Crippen molar-refractivity contribution in [1.29, 1.82) is 0 Å². The first-order valence-corrected chi connectivity index (χ1v) is 18.8. The number of nitrogens with one attached hydrogen (secondary N) is 4. The van der Waals surface area contributed by atoms with Crippen molar-refractivity contribution in [3.05, 3.63) is 108 Å². The van der Waals surface area contributed by atoms with Crippen LogP contribution in [0.25, 0.3) is 0 Å². The number of rotatable bonds is 12. The van der Waals surface area contributed by atoms with Gasteiger partial charge in [0.05, 0.1) is 12.1 Å². The van der Waals surface area contributed by atoms with E-state index in [0.29, 0.717) is 30.6 Å². The van der Waals surface area contributed by atoms with Gasteiger partial charge in [0.2, 0.25) is 23.6 Å². The molecule has 10 heteroatoms. The number of nitrogens with zero attached hydrogens (tertiary/aromatic N) is 2. The van der Waals surface area contributed by atoms with Gasteiger partial charge in [-0.1, -0.05) is 50.2 Å². The van der Waals surface area contributed by atoms with Crippen LogP contribution >= 0.6 is 0 Å². The van der Waals surface area contributed by atoms with Crippen molar-refractivity contribution in [3.8, 4) is 0 Å². The molecule has 4 aromatic rings. The van der Waals surface area contributed by atoms with Crippen molar-refractivity contribution in [1.82, 2.24) is 0 Å². The van der Waals surface area contributed by atoms with Gasteiger partial charge in [0, 0.05) is 71.9 Å². The maximum atomic E-state index is 12.7. The number of anilines is 6. The van der Waals surface area contributed by atoms with Crippen LogP contribution in [-0.4, -0.2) is 35.7 Å². The molecule has 0 radical (unpaired) electrons. The molecule has 4 atom stereocenters. The van der Waals surface area contributed by atoms with Crippen LogP contribution in [0.2, 0.25) is 0 Å². The van der Waals surface area contributed by atoms with Gasteiger partial charge in [0.15, 0.2) is 0 Å². The summed E-state index contributed by atoms with van der Waals surface area (Å²) in [6.07, 6.45) is 3.37. The zero-order valence-corrected chi connectivity index (χ0v) is 31.0. The zero-order chi connectivity index (χ0) is 37.5. The van der Waals surface area contributed by atoms with E-state index in [0.717, 1.165) is 46.7 Å². The predicted octanol–water partition coefficient (Wildman–Crippen LogP) is 8.81. The van der Waals surface area contributed by atoms with E-state index in [2.05, 4.69) is 47.2 Å². The summed E-state index contributed by atoms with van der Waals surface area (Å²) in [5.74, 6) is -0.0453. The molecule has 6 rings (SSSR count). The largest absolute Gasteiger partial charge is 0.378 e. The van der Waals surface area contributed by atoms with Gasteiger partial charge in [-0.3, -0.25) is 19.2 Å². The summed E-state index contributed by atoms with van der Waals surface area (Å²) in [4.78, 5) is 54.5. The van der Waals surface area contributed by atoms with Crippen molar-refractivity contribution in [2.75, 3.05) is 31.1 Å². The highest BCUT2D eigenvalue weighted by atomic mass is 16.2. The van der Waals surface area contributed by atoms with Gasteiger partial charge in [0.1, 0.15) is 0 Å². The molecule has 276 valence electrons. The highest BCUT2D eigenvalue weighted by molar-refractivity contribution is 5.96. The van der Waals surface area contributed by atoms with E-state index in [1.165, 1.54) is 0 Å². The molecule has 0 unspecified atom stereocenters. The fourth-order valence-electron chi connectivity index (χ4n) is 7.56. The van der Waals surface area contributed by atoms with E-state index >= 15 is 0 Å². The summed E-state index contributed by atoms with van der Waals surface area (Å²) < 4.78 is 0. The topological polar surface area (TPSA) is 123 Å². The van der Waals surface area contributed by atoms with Crippen molar-refractivity contribution in [2.24, 2.45) is 0 Å². The molecule has 10 nitrogen and oxygen atoms in total. The first-order valence-electron chi connectivity index (χ1n) is 18.8. The Labute approximate surface area is 312 Å². The lowest BCUT2D eigenvalue weighted by atomic mass is 9.91. The first kappa shape index (κ1) is 37.1. The summed E-state index contributed by atoms with van der Waals surface area (Å²) >= 11 is 0. The molecule has 2 heterocycles. The van der Waals surface area contributed by atoms with Crippen molar-refractivity contribution >= 4 is 57.8 Å². The third-order valence-electron chi connectivity index (χ3n) is 10.1. The molecule has 0 saturated carbocycles. The molecule has 0 saturated heterocycles. The molecule has 2 aliphatic rings. The van der Waals surface area contributed by atoms with Gasteiger partial charge in [-0.25, -0.2) is 0 Å². The van der Waals surface area contributed by atoms with E-state index in [4.69, 9.17) is 0 Å². The Bertz CT molecular complexity index is 1790. The number of carbonyl (C=O) groups is 4. The number of hydrogen-bond acceptors (Lipinski definition) is 6. The number of amides is 4. The van der Waals surface area contributed by atoms with Crippen LogP contribution in [0.3, 0.4) is 0 Å². The minimum absolute atomic E-state index is 0.0538. The normalized spacial score (nSPS) is 19.0. The van der Waals surface area contributed by atoms with Crippen LogP contribution in [0.5, 0.6) is 0 Å². The van der Waals surface area contributed by atoms with E-state index in [1.54, 1.807) is 0 Å². The molecule has 4 amide bonds. The van der Waals surface area contributed by atoms with Crippen LogP contribution in [0.4, 0.5) is 34.1 Å². The predicted molar refractivity (Wildman–Crippen MR) is 213 cm³/mol. The third-order valence-corrected chi connectivity index (χ3v) is 10.1. The molecule has 0 fully saturated rings. The Balaban J connectivity index is 0.944. The minimum atomic E-state index is -0.148. The Morgan fingerprint density at radius 2 is 0.906 bits per heavy atom. The van der Waals surface area contributed by atoms with Gasteiger partial charge in [-0.15, -0.1) is 0 Å². The number of carbonyl (C=O) groups excluding carboxylic acids is 4. The van der Waals surface area contributed by atoms with Gasteiger partial charge >= 0.3 is 0 Å². The minimum Gasteiger partial charge on any atom is -0.378 e. The molecule has 0 bridgehead atoms. The molecule has 53 heavy (non-hydrogen) atoms. The van der Waals surface area contributed by atoms with Crippen LogP contribution in [0.15, 0.2) is 97.1 Å². The highest BCUT2D eigenvalue weighted by Crippen LogP contribution is 2.40. The second-order valence-electron chi connectivity index (χ2n) is 14.0. The average molecular weight is 715 g/mol. The monoisotopic (exact) mass is 714 g/mol. The van der Waals surface area contributed by atoms with Gasteiger partial charge < -0.3 is 31.1 Å². The molecule has 0 aliphatic carbocycles. The average Bonchev–Trinajstić information content (AvgIpc) is 3.16. The highest BCUT2D eigenvalue weighted by Gasteiger charge is 2.34. The van der Waals surface area contributed by atoms with Crippen molar-refractivity contribution < 1.29 is 19.2 Å². The third kappa shape index (κ3) is 8.71. The second kappa shape index (κ2) is 16.8. The maximum Gasteiger partial charge on any atom is 0.226 e. The van der Waals surface area contributed by atoms with E-state index in [9.17, 15) is 19.2 Å². The molecule has 4 aromatic carbocycles. The van der Waals surface area contributed by atoms with Crippen molar-refractivity contribution in [3.63, 3.8) is 0 Å². The number of hydrogen-bond donors (Lipinski definition) is 4. The molecule has 4 N–H and O–H groups in total. The van der Waals surface area contributed by atoms with Gasteiger partial charge in [-0.2, -0.15) is 0 Å². The summed E-state index contributed by atoms with van der Waals surface area (Å²) in [6.45, 7) is 7.95. The second-order valence-corrected chi connectivity index (χ2v) is 14.0. The summed E-state index contributed by atoms with van der Waals surface area (Å²) in [5, 5.41) is 13.1. The summed E-state index contributed by atoms with van der Waals surface area (Å²) in [7, 11) is 0. The molecule has 2 aliphatic heterocycles. The molecular formula is C43H50N6O4. The molecule has 0 aromatic heterocycles. The van der Waals surface area contributed by atoms with E-state index < -0.39 is 0 Å². The Kier molecular flexibility index (Phi) is 11.8. The summed E-state index contributed by atoms with van der Waals surface area (Å²) in [5.41, 5.74) is 7.33. The lowest BCUT2D eigenvalue weighted by molar-refractivity contribution is -0.119. The molecular weight excluding hydrogens is 665 g/mol. The standard InChI is InChI=1S/C43H50N6O4/c1-5-42(52)48-28(3)26-36(34-12-7-9-14-38(34)48)44-30-18-22-32(23-19-30)46-40(50)16-11-17-41(51)47-33-24-20-31(21-25-33)45-37-27-29(4)49(43(53)6-2)39-15-10-8-13-35(37)39/h7-10,12-15,18-25,28-29,36-37,44-45H,5-6,11,16-17,26-27H2,1-4H3,(H,46,50)(H,47,51)/t28-,29-,36+,37+/m0/s1. The van der Waals surface area contributed by atoms with E-state index in [-0.39, 0.29) is 60.6 Å². The Morgan fingerprint density at radius 3 is 1.28 bits per heavy atom. The number of fused-ring (bicyclic) bond motifs is 2. The van der Waals surface area contributed by atoms with Crippen LogP contribution in [-0.2, 0) is 19.2 Å². The smallest absolute Gasteiger partial charge is 0.226 e. The van der Waals surface area contributed by atoms with Crippen molar-refractivity contribution in [2.45, 2.75) is 96.8 Å². The first-order chi connectivity index (χ1) is 25.6. The Hall–Kier alpha value is -5.64. The van der Waals surface area contributed by atoms with Crippen LogP contribution in [0.1, 0.15) is 95.9 Å². The summed E-state index contributed by atoms with van der Waals surface area (Å²) in [6, 6.07) is 31.6. The number of benzene rings is 4. The lowest BCUT2D eigenvalue weighted by Crippen LogP contribution is -2.44. The zero-order valence-electron chi connectivity index (χ0n) is 31.0. The fraction of sp³-hybridized carbons (Fsp3) is 0.349. The van der Waals surface area contributed by atoms with Gasteiger partial charge in [-0.05, 0) is 105 Å².